The average Bonchev–Trinajstić information content (AvgIpc) is 2.69. The first-order chi connectivity index (χ1) is 8.11. The van der Waals surface area contributed by atoms with Crippen LogP contribution in [0.1, 0.15) is 24.9 Å². The Balaban J connectivity index is 2.18. The van der Waals surface area contributed by atoms with Crippen molar-refractivity contribution in [2.45, 2.75) is 19.4 Å². The fraction of sp³-hybridized carbons (Fsp3) is 0.357. The van der Waals surface area contributed by atoms with Gasteiger partial charge in [0.1, 0.15) is 0 Å². The van der Waals surface area contributed by atoms with Crippen LogP contribution in [0.5, 0.6) is 0 Å². The van der Waals surface area contributed by atoms with E-state index in [1.807, 2.05) is 23.1 Å². The summed E-state index contributed by atoms with van der Waals surface area (Å²) in [4.78, 5) is 13.8. The maximum Gasteiger partial charge on any atom is 0.223 e. The molecule has 0 spiro atoms. The van der Waals surface area contributed by atoms with Crippen molar-refractivity contribution in [1.29, 1.82) is 0 Å². The molecule has 0 saturated carbocycles. The minimum atomic E-state index is 0.130. The molecule has 1 heterocycles. The van der Waals surface area contributed by atoms with E-state index in [2.05, 4.69) is 41.6 Å². The van der Waals surface area contributed by atoms with Crippen molar-refractivity contribution < 1.29 is 4.79 Å². The Hall–Kier alpha value is -1.09. The molecule has 1 aromatic carbocycles. The van der Waals surface area contributed by atoms with E-state index in [4.69, 9.17) is 0 Å². The van der Waals surface area contributed by atoms with Crippen molar-refractivity contribution in [3.8, 4) is 0 Å². The van der Waals surface area contributed by atoms with Crippen LogP contribution in [0.15, 0.2) is 41.4 Å². The molecular weight excluding hydrogens is 278 g/mol. The summed E-state index contributed by atoms with van der Waals surface area (Å²) in [6.45, 7) is 6.63. The minimum Gasteiger partial charge on any atom is -0.335 e. The van der Waals surface area contributed by atoms with E-state index < -0.39 is 0 Å². The second-order valence-corrected chi connectivity index (χ2v) is 5.39. The Morgan fingerprint density at radius 1 is 1.59 bits per heavy atom. The molecule has 1 aromatic rings. The average molecular weight is 294 g/mol. The number of rotatable bonds is 3. The van der Waals surface area contributed by atoms with E-state index in [0.717, 1.165) is 16.6 Å². The Morgan fingerprint density at radius 2 is 2.35 bits per heavy atom. The molecule has 0 N–H and O–H groups in total. The monoisotopic (exact) mass is 293 g/mol. The van der Waals surface area contributed by atoms with Gasteiger partial charge in [-0.15, -0.1) is 6.58 Å². The van der Waals surface area contributed by atoms with E-state index in [1.165, 1.54) is 0 Å². The highest BCUT2D eigenvalue weighted by Crippen LogP contribution is 2.29. The molecule has 1 amide bonds. The summed E-state index contributed by atoms with van der Waals surface area (Å²) in [6, 6.07) is 8.25. The smallest absolute Gasteiger partial charge is 0.223 e. The van der Waals surface area contributed by atoms with Crippen molar-refractivity contribution in [1.82, 2.24) is 4.90 Å². The Labute approximate surface area is 110 Å². The van der Waals surface area contributed by atoms with Crippen LogP contribution in [0.25, 0.3) is 0 Å². The van der Waals surface area contributed by atoms with E-state index in [9.17, 15) is 4.79 Å². The SMILES string of the molecule is C=CC1CC(=O)N(C(C)c2cccc(Br)c2)C1. The van der Waals surface area contributed by atoms with Gasteiger partial charge in [0.25, 0.3) is 0 Å². The maximum absolute atomic E-state index is 11.9. The van der Waals surface area contributed by atoms with Crippen LogP contribution in [-0.2, 0) is 4.79 Å². The van der Waals surface area contributed by atoms with Crippen molar-refractivity contribution in [2.75, 3.05) is 6.54 Å². The highest BCUT2D eigenvalue weighted by atomic mass is 79.9. The number of carbonyl (C=O) groups excluding carboxylic acids is 1. The van der Waals surface area contributed by atoms with E-state index in [1.54, 1.807) is 0 Å². The second-order valence-electron chi connectivity index (χ2n) is 4.48. The highest BCUT2D eigenvalue weighted by Gasteiger charge is 2.31. The zero-order chi connectivity index (χ0) is 12.4. The predicted octanol–water partition coefficient (Wildman–Crippen LogP) is 3.54. The molecule has 3 heteroatoms. The van der Waals surface area contributed by atoms with Gasteiger partial charge in [0, 0.05) is 23.4 Å². The van der Waals surface area contributed by atoms with Gasteiger partial charge in [-0.3, -0.25) is 4.79 Å². The lowest BCUT2D eigenvalue weighted by Gasteiger charge is -2.25. The third kappa shape index (κ3) is 2.60. The fourth-order valence-corrected chi connectivity index (χ4v) is 2.66. The molecule has 0 aliphatic carbocycles. The summed E-state index contributed by atoms with van der Waals surface area (Å²) in [5.41, 5.74) is 1.16. The van der Waals surface area contributed by atoms with Crippen LogP contribution >= 0.6 is 15.9 Å². The Kier molecular flexibility index (Phi) is 3.67. The number of benzene rings is 1. The normalized spacial score (nSPS) is 21.6. The molecule has 0 radical (unpaired) electrons. The highest BCUT2D eigenvalue weighted by molar-refractivity contribution is 9.10. The Bertz CT molecular complexity index is 444. The summed E-state index contributed by atoms with van der Waals surface area (Å²) < 4.78 is 1.05. The first kappa shape index (κ1) is 12.4. The van der Waals surface area contributed by atoms with Crippen LogP contribution in [0, 0.1) is 5.92 Å². The molecular formula is C14H16BrNO. The summed E-state index contributed by atoms with van der Waals surface area (Å²) >= 11 is 3.46. The molecule has 1 aliphatic heterocycles. The number of hydrogen-bond donors (Lipinski definition) is 0. The zero-order valence-electron chi connectivity index (χ0n) is 9.90. The first-order valence-electron chi connectivity index (χ1n) is 5.79. The number of amides is 1. The molecule has 2 atom stereocenters. The van der Waals surface area contributed by atoms with Crippen molar-refractivity contribution in [2.24, 2.45) is 5.92 Å². The molecule has 1 aliphatic rings. The van der Waals surface area contributed by atoms with Gasteiger partial charge in [0.2, 0.25) is 5.91 Å². The van der Waals surface area contributed by atoms with Gasteiger partial charge in [0.15, 0.2) is 0 Å². The quantitative estimate of drug-likeness (QED) is 0.781. The molecule has 0 aromatic heterocycles. The fourth-order valence-electron chi connectivity index (χ4n) is 2.24. The summed E-state index contributed by atoms with van der Waals surface area (Å²) in [6.07, 6.45) is 2.48. The van der Waals surface area contributed by atoms with Crippen LogP contribution in [0.4, 0.5) is 0 Å². The van der Waals surface area contributed by atoms with Gasteiger partial charge < -0.3 is 4.90 Å². The van der Waals surface area contributed by atoms with Gasteiger partial charge in [-0.1, -0.05) is 34.1 Å². The minimum absolute atomic E-state index is 0.130. The standard InChI is InChI=1S/C14H16BrNO/c1-3-11-7-14(17)16(9-11)10(2)12-5-4-6-13(15)8-12/h3-6,8,10-11H,1,7,9H2,2H3. The van der Waals surface area contributed by atoms with Gasteiger partial charge in [-0.05, 0) is 24.6 Å². The van der Waals surface area contributed by atoms with Gasteiger partial charge in [0.05, 0.1) is 6.04 Å². The molecule has 17 heavy (non-hydrogen) atoms. The van der Waals surface area contributed by atoms with E-state index in [-0.39, 0.29) is 11.9 Å². The lowest BCUT2D eigenvalue weighted by Crippen LogP contribution is -2.28. The molecule has 2 unspecified atom stereocenters. The van der Waals surface area contributed by atoms with Crippen molar-refractivity contribution in [3.05, 3.63) is 47.0 Å². The van der Waals surface area contributed by atoms with Crippen molar-refractivity contribution in [3.63, 3.8) is 0 Å². The summed E-state index contributed by atoms with van der Waals surface area (Å²) in [7, 11) is 0. The van der Waals surface area contributed by atoms with Gasteiger partial charge in [-0.25, -0.2) is 0 Å². The van der Waals surface area contributed by atoms with Gasteiger partial charge >= 0.3 is 0 Å². The number of halogens is 1. The molecule has 0 bridgehead atoms. The summed E-state index contributed by atoms with van der Waals surface area (Å²) in [5, 5.41) is 0. The Morgan fingerprint density at radius 3 is 2.94 bits per heavy atom. The molecule has 2 nitrogen and oxygen atoms in total. The largest absolute Gasteiger partial charge is 0.335 e. The number of likely N-dealkylation sites (tertiary alicyclic amines) is 1. The summed E-state index contributed by atoms with van der Waals surface area (Å²) in [5.74, 6) is 0.527. The lowest BCUT2D eigenvalue weighted by molar-refractivity contribution is -0.129. The second kappa shape index (κ2) is 5.05. The maximum atomic E-state index is 11.9. The molecule has 2 rings (SSSR count). The predicted molar refractivity (Wildman–Crippen MR) is 72.6 cm³/mol. The third-order valence-electron chi connectivity index (χ3n) is 3.32. The van der Waals surface area contributed by atoms with Crippen LogP contribution < -0.4 is 0 Å². The first-order valence-corrected chi connectivity index (χ1v) is 6.58. The molecule has 90 valence electrons. The third-order valence-corrected chi connectivity index (χ3v) is 3.81. The van der Waals surface area contributed by atoms with Crippen molar-refractivity contribution >= 4 is 21.8 Å². The van der Waals surface area contributed by atoms with Crippen LogP contribution in [-0.4, -0.2) is 17.4 Å². The zero-order valence-corrected chi connectivity index (χ0v) is 11.5. The van der Waals surface area contributed by atoms with Crippen LogP contribution in [0.2, 0.25) is 0 Å². The topological polar surface area (TPSA) is 20.3 Å². The lowest BCUT2D eigenvalue weighted by atomic mass is 10.1. The number of nitrogens with zero attached hydrogens (tertiary/aromatic N) is 1. The number of carbonyl (C=O) groups is 1. The van der Waals surface area contributed by atoms with Gasteiger partial charge in [-0.2, -0.15) is 0 Å². The molecule has 1 saturated heterocycles. The molecule has 1 fully saturated rings. The van der Waals surface area contributed by atoms with Crippen LogP contribution in [0.3, 0.4) is 0 Å². The number of hydrogen-bond acceptors (Lipinski definition) is 1. The van der Waals surface area contributed by atoms with E-state index in [0.29, 0.717) is 12.3 Å². The van der Waals surface area contributed by atoms with E-state index >= 15 is 0 Å².